The van der Waals surface area contributed by atoms with E-state index in [0.29, 0.717) is 35.6 Å². The SMILES string of the molecule is C#CC1(NC(=O)C(=O)Nc2ccc(-c3cnco3)c(OC)c2)CCCCC1. The molecular formula is C20H21N3O4. The third-order valence-electron chi connectivity index (χ3n) is 4.70. The van der Waals surface area contributed by atoms with Crippen molar-refractivity contribution in [3.05, 3.63) is 30.8 Å². The van der Waals surface area contributed by atoms with Gasteiger partial charge in [0.2, 0.25) is 0 Å². The third-order valence-corrected chi connectivity index (χ3v) is 4.70. The fourth-order valence-electron chi connectivity index (χ4n) is 3.24. The van der Waals surface area contributed by atoms with Crippen molar-refractivity contribution in [2.75, 3.05) is 12.4 Å². The Balaban J connectivity index is 1.70. The lowest BCUT2D eigenvalue weighted by molar-refractivity contribution is -0.137. The number of hydrogen-bond acceptors (Lipinski definition) is 5. The Labute approximate surface area is 157 Å². The Bertz CT molecular complexity index is 862. The molecule has 0 saturated heterocycles. The maximum Gasteiger partial charge on any atom is 0.313 e. The molecule has 0 radical (unpaired) electrons. The lowest BCUT2D eigenvalue weighted by Gasteiger charge is -2.33. The highest BCUT2D eigenvalue weighted by atomic mass is 16.5. The fraction of sp³-hybridized carbons (Fsp3) is 0.350. The number of rotatable bonds is 4. The maximum atomic E-state index is 12.3. The fourth-order valence-corrected chi connectivity index (χ4v) is 3.24. The summed E-state index contributed by atoms with van der Waals surface area (Å²) in [6.45, 7) is 0. The molecule has 0 aliphatic heterocycles. The number of ether oxygens (including phenoxy) is 1. The Hall–Kier alpha value is -3.27. The highest BCUT2D eigenvalue weighted by Gasteiger charge is 2.33. The van der Waals surface area contributed by atoms with Crippen LogP contribution < -0.4 is 15.4 Å². The van der Waals surface area contributed by atoms with Crippen LogP contribution in [0.15, 0.2) is 35.2 Å². The van der Waals surface area contributed by atoms with Gasteiger partial charge in [-0.1, -0.05) is 25.2 Å². The summed E-state index contributed by atoms with van der Waals surface area (Å²) in [6.07, 6.45) is 12.8. The topological polar surface area (TPSA) is 93.5 Å². The lowest BCUT2D eigenvalue weighted by Crippen LogP contribution is -2.52. The Morgan fingerprint density at radius 2 is 2.04 bits per heavy atom. The van der Waals surface area contributed by atoms with Crippen LogP contribution >= 0.6 is 0 Å². The molecule has 1 saturated carbocycles. The Morgan fingerprint density at radius 3 is 2.67 bits per heavy atom. The number of amides is 2. The first-order valence-corrected chi connectivity index (χ1v) is 8.75. The van der Waals surface area contributed by atoms with Crippen molar-refractivity contribution in [2.45, 2.75) is 37.6 Å². The molecule has 3 rings (SSSR count). The van der Waals surface area contributed by atoms with Crippen LogP contribution in [0.4, 0.5) is 5.69 Å². The molecule has 0 spiro atoms. The van der Waals surface area contributed by atoms with Gasteiger partial charge in [0.25, 0.3) is 0 Å². The average molecular weight is 367 g/mol. The van der Waals surface area contributed by atoms with Crippen LogP contribution in [-0.2, 0) is 9.59 Å². The zero-order valence-electron chi connectivity index (χ0n) is 15.1. The van der Waals surface area contributed by atoms with Crippen molar-refractivity contribution in [3.63, 3.8) is 0 Å². The second-order valence-corrected chi connectivity index (χ2v) is 6.48. The van der Waals surface area contributed by atoms with Gasteiger partial charge in [-0.3, -0.25) is 9.59 Å². The largest absolute Gasteiger partial charge is 0.496 e. The van der Waals surface area contributed by atoms with Crippen LogP contribution in [0.5, 0.6) is 5.75 Å². The minimum Gasteiger partial charge on any atom is -0.496 e. The van der Waals surface area contributed by atoms with Crippen LogP contribution in [0.1, 0.15) is 32.1 Å². The van der Waals surface area contributed by atoms with E-state index in [1.54, 1.807) is 24.4 Å². The highest BCUT2D eigenvalue weighted by Crippen LogP contribution is 2.32. The van der Waals surface area contributed by atoms with Gasteiger partial charge in [0.15, 0.2) is 12.2 Å². The van der Waals surface area contributed by atoms with E-state index in [1.165, 1.54) is 13.5 Å². The summed E-state index contributed by atoms with van der Waals surface area (Å²) in [7, 11) is 1.51. The molecule has 1 aromatic heterocycles. The summed E-state index contributed by atoms with van der Waals surface area (Å²) in [5, 5.41) is 5.30. The molecule has 7 nitrogen and oxygen atoms in total. The smallest absolute Gasteiger partial charge is 0.313 e. The van der Waals surface area contributed by atoms with Crippen LogP contribution in [-0.4, -0.2) is 29.4 Å². The van der Waals surface area contributed by atoms with Gasteiger partial charge in [-0.15, -0.1) is 6.42 Å². The summed E-state index contributed by atoms with van der Waals surface area (Å²) in [4.78, 5) is 28.5. The van der Waals surface area contributed by atoms with E-state index in [-0.39, 0.29) is 0 Å². The minimum atomic E-state index is -0.773. The van der Waals surface area contributed by atoms with Gasteiger partial charge in [0.05, 0.1) is 18.9 Å². The summed E-state index contributed by atoms with van der Waals surface area (Å²) >= 11 is 0. The van der Waals surface area contributed by atoms with Crippen molar-refractivity contribution in [1.29, 1.82) is 0 Å². The lowest BCUT2D eigenvalue weighted by atomic mass is 9.82. The van der Waals surface area contributed by atoms with Crippen LogP contribution in [0.25, 0.3) is 11.3 Å². The number of hydrogen-bond donors (Lipinski definition) is 2. The van der Waals surface area contributed by atoms with E-state index >= 15 is 0 Å². The molecule has 2 amide bonds. The number of methoxy groups -OCH3 is 1. The Morgan fingerprint density at radius 1 is 1.26 bits per heavy atom. The number of terminal acetylenes is 1. The first-order valence-electron chi connectivity index (χ1n) is 8.75. The number of nitrogens with zero attached hydrogens (tertiary/aromatic N) is 1. The summed E-state index contributed by atoms with van der Waals surface area (Å²) in [6, 6.07) is 4.99. The molecule has 2 aromatic rings. The average Bonchev–Trinajstić information content (AvgIpc) is 3.23. The van der Waals surface area contributed by atoms with Gasteiger partial charge in [0.1, 0.15) is 11.3 Å². The molecule has 1 aliphatic rings. The van der Waals surface area contributed by atoms with Crippen molar-refractivity contribution < 1.29 is 18.7 Å². The van der Waals surface area contributed by atoms with E-state index in [4.69, 9.17) is 15.6 Å². The van der Waals surface area contributed by atoms with E-state index < -0.39 is 17.4 Å². The molecule has 2 N–H and O–H groups in total. The van der Waals surface area contributed by atoms with E-state index in [1.807, 2.05) is 0 Å². The van der Waals surface area contributed by atoms with Crippen molar-refractivity contribution in [3.8, 4) is 29.4 Å². The van der Waals surface area contributed by atoms with E-state index in [2.05, 4.69) is 21.5 Å². The number of aromatic nitrogens is 1. The molecule has 7 heteroatoms. The number of carbonyl (C=O) groups excluding carboxylic acids is 2. The van der Waals surface area contributed by atoms with Crippen molar-refractivity contribution in [2.24, 2.45) is 0 Å². The van der Waals surface area contributed by atoms with Crippen molar-refractivity contribution in [1.82, 2.24) is 10.3 Å². The van der Waals surface area contributed by atoms with Gasteiger partial charge < -0.3 is 19.8 Å². The molecule has 140 valence electrons. The Kier molecular flexibility index (Phi) is 5.46. The number of nitrogens with one attached hydrogen (secondary N) is 2. The third kappa shape index (κ3) is 4.11. The van der Waals surface area contributed by atoms with Crippen LogP contribution in [0.2, 0.25) is 0 Å². The number of benzene rings is 1. The van der Waals surface area contributed by atoms with Crippen LogP contribution in [0, 0.1) is 12.3 Å². The maximum absolute atomic E-state index is 12.3. The van der Waals surface area contributed by atoms with Gasteiger partial charge >= 0.3 is 11.8 Å². The molecule has 0 atom stereocenters. The highest BCUT2D eigenvalue weighted by molar-refractivity contribution is 6.39. The van der Waals surface area contributed by atoms with Gasteiger partial charge in [0, 0.05) is 11.8 Å². The second-order valence-electron chi connectivity index (χ2n) is 6.48. The van der Waals surface area contributed by atoms with Crippen LogP contribution in [0.3, 0.4) is 0 Å². The van der Waals surface area contributed by atoms with E-state index in [9.17, 15) is 9.59 Å². The zero-order valence-corrected chi connectivity index (χ0v) is 15.1. The molecular weight excluding hydrogens is 346 g/mol. The molecule has 1 aromatic carbocycles. The van der Waals surface area contributed by atoms with Gasteiger partial charge in [-0.2, -0.15) is 0 Å². The zero-order chi connectivity index (χ0) is 19.3. The predicted molar refractivity (Wildman–Crippen MR) is 99.9 cm³/mol. The summed E-state index contributed by atoms with van der Waals surface area (Å²) in [5.74, 6) is 2.17. The molecule has 1 aliphatic carbocycles. The predicted octanol–water partition coefficient (Wildman–Crippen LogP) is 2.74. The normalized spacial score (nSPS) is 15.4. The monoisotopic (exact) mass is 367 g/mol. The standard InChI is InChI=1S/C20H21N3O4/c1-3-20(9-5-4-6-10-20)23-19(25)18(24)22-14-7-8-15(16(11-14)26-2)17-12-21-13-27-17/h1,7-8,11-13H,4-6,9-10H2,2H3,(H,22,24)(H,23,25). The number of anilines is 1. The molecule has 1 heterocycles. The summed E-state index contributed by atoms with van der Waals surface area (Å²) < 4.78 is 10.6. The van der Waals surface area contributed by atoms with Crippen molar-refractivity contribution >= 4 is 17.5 Å². The van der Waals surface area contributed by atoms with E-state index in [0.717, 1.165) is 19.3 Å². The quantitative estimate of drug-likeness (QED) is 0.640. The second kappa shape index (κ2) is 7.96. The molecule has 1 fully saturated rings. The molecule has 0 unspecified atom stereocenters. The van der Waals surface area contributed by atoms with Gasteiger partial charge in [-0.05, 0) is 25.0 Å². The first-order chi connectivity index (χ1) is 13.1. The number of oxazole rings is 1. The number of carbonyl (C=O) groups is 2. The minimum absolute atomic E-state index is 0.425. The first kappa shape index (κ1) is 18.5. The molecule has 27 heavy (non-hydrogen) atoms. The summed E-state index contributed by atoms with van der Waals surface area (Å²) in [5.41, 5.74) is 0.375. The van der Waals surface area contributed by atoms with Gasteiger partial charge in [-0.25, -0.2) is 4.98 Å². The molecule has 0 bridgehead atoms.